The number of likely N-dealkylation sites (tertiary alicyclic amines) is 1. The molecule has 1 fully saturated rings. The average Bonchev–Trinajstić information content (AvgIpc) is 2.60. The van der Waals surface area contributed by atoms with E-state index >= 15 is 0 Å². The van der Waals surface area contributed by atoms with Crippen LogP contribution in [0.2, 0.25) is 0 Å². The van der Waals surface area contributed by atoms with Gasteiger partial charge in [0.15, 0.2) is 5.72 Å². The van der Waals surface area contributed by atoms with Gasteiger partial charge in [0.2, 0.25) is 5.95 Å². The summed E-state index contributed by atoms with van der Waals surface area (Å²) < 4.78 is 33.4. The number of aromatic nitrogens is 1. The summed E-state index contributed by atoms with van der Waals surface area (Å²) in [6, 6.07) is 7.39. The second-order valence-corrected chi connectivity index (χ2v) is 6.96. The lowest BCUT2D eigenvalue weighted by Crippen LogP contribution is -2.54. The molecule has 1 aliphatic heterocycles. The van der Waals surface area contributed by atoms with Crippen molar-refractivity contribution in [2.45, 2.75) is 38.3 Å². The van der Waals surface area contributed by atoms with Gasteiger partial charge in [-0.15, -0.1) is 0 Å². The Morgan fingerprint density at radius 2 is 2.11 bits per heavy atom. The lowest BCUT2D eigenvalue weighted by Gasteiger charge is -2.44. The van der Waals surface area contributed by atoms with Gasteiger partial charge in [0.05, 0.1) is 5.56 Å². The number of ether oxygens (including phenoxy) is 1. The minimum Gasteiger partial charge on any atom is -0.473 e. The highest BCUT2D eigenvalue weighted by Crippen LogP contribution is 2.31. The molecule has 5 nitrogen and oxygen atoms in total. The molecule has 7 heteroatoms. The first kappa shape index (κ1) is 19.2. The third-order valence-electron chi connectivity index (χ3n) is 4.99. The molecule has 1 aromatic heterocycles. The number of benzene rings is 1. The minimum atomic E-state index is -0.777. The van der Waals surface area contributed by atoms with Gasteiger partial charge in [0.1, 0.15) is 11.6 Å². The predicted octanol–water partition coefficient (Wildman–Crippen LogP) is 3.28. The normalized spacial score (nSPS) is 20.4. The van der Waals surface area contributed by atoms with Gasteiger partial charge in [-0.3, -0.25) is 9.69 Å². The molecule has 0 bridgehead atoms. The lowest BCUT2D eigenvalue weighted by atomic mass is 9.98. The van der Waals surface area contributed by atoms with Gasteiger partial charge in [-0.2, -0.15) is 4.39 Å². The number of pyridine rings is 1. The smallest absolute Gasteiger partial charge is 0.251 e. The highest BCUT2D eigenvalue weighted by atomic mass is 19.1. The minimum absolute atomic E-state index is 0.107. The van der Waals surface area contributed by atoms with Crippen LogP contribution in [0.4, 0.5) is 8.78 Å². The quantitative estimate of drug-likeness (QED) is 0.787. The first-order valence-electron chi connectivity index (χ1n) is 9.01. The molecule has 1 amide bonds. The summed E-state index contributed by atoms with van der Waals surface area (Å²) in [5, 5.41) is 0. The van der Waals surface area contributed by atoms with Crippen LogP contribution < -0.4 is 10.5 Å². The summed E-state index contributed by atoms with van der Waals surface area (Å²) in [6.45, 7) is 3.48. The maximum atomic E-state index is 14.0. The van der Waals surface area contributed by atoms with Crippen LogP contribution in [-0.4, -0.2) is 34.6 Å². The van der Waals surface area contributed by atoms with Gasteiger partial charge >= 0.3 is 0 Å². The number of piperidine rings is 1. The molecule has 0 saturated carbocycles. The van der Waals surface area contributed by atoms with E-state index in [1.807, 2.05) is 6.92 Å². The van der Waals surface area contributed by atoms with Crippen molar-refractivity contribution in [1.82, 2.24) is 9.88 Å². The third kappa shape index (κ3) is 4.60. The number of primary amides is 1. The summed E-state index contributed by atoms with van der Waals surface area (Å²) in [7, 11) is 0. The Morgan fingerprint density at radius 3 is 2.81 bits per heavy atom. The van der Waals surface area contributed by atoms with Crippen molar-refractivity contribution in [2.75, 3.05) is 13.1 Å². The molecule has 2 aromatic rings. The summed E-state index contributed by atoms with van der Waals surface area (Å²) >= 11 is 0. The molecule has 1 aliphatic rings. The van der Waals surface area contributed by atoms with Crippen LogP contribution in [0.25, 0.3) is 0 Å². The number of nitrogens with two attached hydrogens (primary N) is 1. The van der Waals surface area contributed by atoms with Crippen molar-refractivity contribution in [1.29, 1.82) is 0 Å². The van der Waals surface area contributed by atoms with Crippen molar-refractivity contribution in [3.8, 4) is 5.75 Å². The molecule has 0 radical (unpaired) electrons. The van der Waals surface area contributed by atoms with E-state index in [9.17, 15) is 13.6 Å². The van der Waals surface area contributed by atoms with Gasteiger partial charge < -0.3 is 10.5 Å². The van der Waals surface area contributed by atoms with E-state index in [-0.39, 0.29) is 5.56 Å². The molecule has 0 aliphatic carbocycles. The van der Waals surface area contributed by atoms with Crippen molar-refractivity contribution in [2.24, 2.45) is 5.73 Å². The highest BCUT2D eigenvalue weighted by molar-refractivity contribution is 5.93. The number of hydrogen-bond donors (Lipinski definition) is 1. The monoisotopic (exact) mass is 375 g/mol. The molecule has 3 rings (SSSR count). The van der Waals surface area contributed by atoms with Gasteiger partial charge in [0, 0.05) is 31.8 Å². The van der Waals surface area contributed by atoms with Crippen LogP contribution in [0.5, 0.6) is 5.75 Å². The molecule has 144 valence electrons. The third-order valence-corrected chi connectivity index (χ3v) is 4.99. The van der Waals surface area contributed by atoms with E-state index < -0.39 is 23.4 Å². The van der Waals surface area contributed by atoms with E-state index in [1.54, 1.807) is 12.1 Å². The van der Waals surface area contributed by atoms with E-state index in [1.165, 1.54) is 24.4 Å². The molecule has 1 atom stereocenters. The van der Waals surface area contributed by atoms with Crippen molar-refractivity contribution in [3.05, 3.63) is 59.4 Å². The Hall–Kier alpha value is -2.54. The maximum absolute atomic E-state index is 14.0. The summed E-state index contributed by atoms with van der Waals surface area (Å²) in [4.78, 5) is 16.9. The van der Waals surface area contributed by atoms with Crippen LogP contribution in [-0.2, 0) is 6.42 Å². The number of nitrogens with zero attached hydrogens (tertiary/aromatic N) is 2. The molecular weight excluding hydrogens is 352 g/mol. The fourth-order valence-electron chi connectivity index (χ4n) is 3.49. The average molecular weight is 375 g/mol. The molecule has 2 N–H and O–H groups in total. The molecule has 2 heterocycles. The van der Waals surface area contributed by atoms with Crippen LogP contribution >= 0.6 is 0 Å². The zero-order chi connectivity index (χ0) is 19.4. The standard InChI is InChI=1S/C20H23F2N3O2/c1-20(27-15-6-9-24-18(22)13-15)8-2-3-10-25(20)11-7-14-4-5-16(19(23)26)17(21)12-14/h4-6,9,12-13H,2-3,7-8,10-11H2,1H3,(H2,23,26). The molecule has 1 aromatic carbocycles. The Bertz CT molecular complexity index is 831. The summed E-state index contributed by atoms with van der Waals surface area (Å²) in [5.41, 5.74) is 5.24. The van der Waals surface area contributed by atoms with Crippen molar-refractivity contribution >= 4 is 5.91 Å². The van der Waals surface area contributed by atoms with Crippen LogP contribution in [0, 0.1) is 11.8 Å². The van der Waals surface area contributed by atoms with Gasteiger partial charge in [-0.05, 0) is 49.9 Å². The highest BCUT2D eigenvalue weighted by Gasteiger charge is 2.36. The number of carbonyl (C=O) groups is 1. The Kier molecular flexibility index (Phi) is 5.70. The number of amides is 1. The van der Waals surface area contributed by atoms with E-state index in [4.69, 9.17) is 10.5 Å². The topological polar surface area (TPSA) is 68.4 Å². The van der Waals surface area contributed by atoms with E-state index in [2.05, 4.69) is 9.88 Å². The molecular formula is C20H23F2N3O2. The summed E-state index contributed by atoms with van der Waals surface area (Å²) in [6.07, 6.45) is 4.84. The first-order chi connectivity index (χ1) is 12.9. The zero-order valence-electron chi connectivity index (χ0n) is 15.3. The second-order valence-electron chi connectivity index (χ2n) is 6.96. The maximum Gasteiger partial charge on any atom is 0.251 e. The Morgan fingerprint density at radius 1 is 1.30 bits per heavy atom. The van der Waals surface area contributed by atoms with Crippen molar-refractivity contribution < 1.29 is 18.3 Å². The SMILES string of the molecule is CC1(Oc2ccnc(F)c2)CCCCN1CCc1ccc(C(N)=O)c(F)c1. The Balaban J connectivity index is 1.70. The number of halogens is 2. The van der Waals surface area contributed by atoms with Crippen LogP contribution in [0.1, 0.15) is 42.1 Å². The fraction of sp³-hybridized carbons (Fsp3) is 0.400. The molecule has 1 unspecified atom stereocenters. The van der Waals surface area contributed by atoms with Crippen LogP contribution in [0.15, 0.2) is 36.5 Å². The number of rotatable bonds is 6. The van der Waals surface area contributed by atoms with E-state index in [0.717, 1.165) is 31.4 Å². The second kappa shape index (κ2) is 8.00. The zero-order valence-corrected chi connectivity index (χ0v) is 15.3. The first-order valence-corrected chi connectivity index (χ1v) is 9.01. The van der Waals surface area contributed by atoms with Gasteiger partial charge in [-0.25, -0.2) is 9.37 Å². The fourth-order valence-corrected chi connectivity index (χ4v) is 3.49. The van der Waals surface area contributed by atoms with E-state index in [0.29, 0.717) is 18.7 Å². The van der Waals surface area contributed by atoms with Gasteiger partial charge in [-0.1, -0.05) is 6.07 Å². The largest absolute Gasteiger partial charge is 0.473 e. The number of hydrogen-bond acceptors (Lipinski definition) is 4. The predicted molar refractivity (Wildman–Crippen MR) is 97.3 cm³/mol. The Labute approximate surface area is 157 Å². The molecule has 1 saturated heterocycles. The van der Waals surface area contributed by atoms with Crippen molar-refractivity contribution in [3.63, 3.8) is 0 Å². The lowest BCUT2D eigenvalue weighted by molar-refractivity contribution is -0.0954. The number of carbonyl (C=O) groups excluding carboxylic acids is 1. The van der Waals surface area contributed by atoms with Gasteiger partial charge in [0.25, 0.3) is 5.91 Å². The summed E-state index contributed by atoms with van der Waals surface area (Å²) in [5.74, 6) is -1.53. The molecule has 0 spiro atoms. The molecule has 27 heavy (non-hydrogen) atoms. The van der Waals surface area contributed by atoms with Crippen LogP contribution in [0.3, 0.4) is 0 Å².